The second-order valence-corrected chi connectivity index (χ2v) is 11.1. The first-order chi connectivity index (χ1) is 12.5. The molecule has 0 spiro atoms. The summed E-state index contributed by atoms with van der Waals surface area (Å²) in [5, 5.41) is 10.2. The van der Waals surface area contributed by atoms with Crippen molar-refractivity contribution in [1.29, 1.82) is 0 Å². The third-order valence-corrected chi connectivity index (χ3v) is 6.42. The molecule has 1 saturated carbocycles. The van der Waals surface area contributed by atoms with Crippen LogP contribution in [0.15, 0.2) is 0 Å². The molecule has 1 unspecified atom stereocenters. The second kappa shape index (κ2) is 10.0. The van der Waals surface area contributed by atoms with Crippen molar-refractivity contribution >= 4 is 0 Å². The zero-order chi connectivity index (χ0) is 20.1. The van der Waals surface area contributed by atoms with Crippen molar-refractivity contribution in [2.75, 3.05) is 45.9 Å². The fourth-order valence-corrected chi connectivity index (χ4v) is 4.25. The maximum Gasteiger partial charge on any atom is 0.0600 e. The van der Waals surface area contributed by atoms with Crippen molar-refractivity contribution in [3.63, 3.8) is 0 Å². The van der Waals surface area contributed by atoms with Gasteiger partial charge in [0.05, 0.1) is 18.3 Å². The van der Waals surface area contributed by atoms with E-state index in [1.807, 2.05) is 0 Å². The Kier molecular flexibility index (Phi) is 8.60. The van der Waals surface area contributed by atoms with Gasteiger partial charge in [0.2, 0.25) is 0 Å². The Labute approximate surface area is 168 Å². The third kappa shape index (κ3) is 8.81. The summed E-state index contributed by atoms with van der Waals surface area (Å²) in [6, 6.07) is 0. The normalized spacial score (nSPS) is 27.7. The zero-order valence-corrected chi connectivity index (χ0v) is 19.0. The molecular weight excluding hydrogens is 336 g/mol. The summed E-state index contributed by atoms with van der Waals surface area (Å²) in [5.74, 6) is 1.65. The number of hydrogen-bond acceptors (Lipinski definition) is 4. The standard InChI is InChI=1S/C23H46N2O2/c1-22(2,3)21(26)11-12-24-13-15-25(16-14-24)17-19-7-9-20(10-8-19)18-27-23(4,5)6/h19-21,26H,7-18H2,1-6H3. The van der Waals surface area contributed by atoms with Crippen LogP contribution in [-0.4, -0.2) is 72.5 Å². The number of nitrogens with zero attached hydrogens (tertiary/aromatic N) is 2. The lowest BCUT2D eigenvalue weighted by atomic mass is 9.82. The number of aliphatic hydroxyl groups is 1. The van der Waals surface area contributed by atoms with Gasteiger partial charge in [0.1, 0.15) is 0 Å². The first kappa shape index (κ1) is 23.1. The van der Waals surface area contributed by atoms with E-state index in [0.29, 0.717) is 0 Å². The Morgan fingerprint density at radius 2 is 1.37 bits per heavy atom. The topological polar surface area (TPSA) is 35.9 Å². The van der Waals surface area contributed by atoms with Crippen molar-refractivity contribution in [2.45, 2.75) is 85.4 Å². The van der Waals surface area contributed by atoms with E-state index in [-0.39, 0.29) is 17.1 Å². The summed E-state index contributed by atoms with van der Waals surface area (Å²) in [7, 11) is 0. The Hall–Kier alpha value is -0.160. The van der Waals surface area contributed by atoms with Crippen LogP contribution in [0.3, 0.4) is 0 Å². The molecule has 1 N–H and O–H groups in total. The van der Waals surface area contributed by atoms with Crippen molar-refractivity contribution < 1.29 is 9.84 Å². The van der Waals surface area contributed by atoms with E-state index in [0.717, 1.165) is 44.5 Å². The van der Waals surface area contributed by atoms with Crippen LogP contribution in [0.4, 0.5) is 0 Å². The van der Waals surface area contributed by atoms with Gasteiger partial charge in [-0.1, -0.05) is 20.8 Å². The number of piperazine rings is 1. The molecule has 1 atom stereocenters. The van der Waals surface area contributed by atoms with Gasteiger partial charge < -0.3 is 19.6 Å². The molecule has 0 bridgehead atoms. The largest absolute Gasteiger partial charge is 0.393 e. The molecule has 0 radical (unpaired) electrons. The highest BCUT2D eigenvalue weighted by Gasteiger charge is 2.27. The molecule has 160 valence electrons. The smallest absolute Gasteiger partial charge is 0.0600 e. The summed E-state index contributed by atoms with van der Waals surface area (Å²) < 4.78 is 5.99. The molecule has 1 aliphatic carbocycles. The molecule has 27 heavy (non-hydrogen) atoms. The monoisotopic (exact) mass is 382 g/mol. The molecular formula is C23H46N2O2. The minimum Gasteiger partial charge on any atom is -0.393 e. The van der Waals surface area contributed by atoms with Crippen LogP contribution in [0.2, 0.25) is 0 Å². The van der Waals surface area contributed by atoms with E-state index in [4.69, 9.17) is 4.74 Å². The molecule has 2 aliphatic rings. The summed E-state index contributed by atoms with van der Waals surface area (Å²) in [5.41, 5.74) is -0.00195. The first-order valence-electron chi connectivity index (χ1n) is 11.3. The summed E-state index contributed by atoms with van der Waals surface area (Å²) in [6.07, 6.45) is 6.11. The maximum atomic E-state index is 10.2. The maximum absolute atomic E-state index is 10.2. The molecule has 0 aromatic carbocycles. The zero-order valence-electron chi connectivity index (χ0n) is 19.0. The van der Waals surface area contributed by atoms with E-state index in [9.17, 15) is 5.11 Å². The van der Waals surface area contributed by atoms with Gasteiger partial charge >= 0.3 is 0 Å². The van der Waals surface area contributed by atoms with Crippen LogP contribution in [0.5, 0.6) is 0 Å². The van der Waals surface area contributed by atoms with Gasteiger partial charge in [-0.25, -0.2) is 0 Å². The van der Waals surface area contributed by atoms with E-state index < -0.39 is 0 Å². The number of rotatable bonds is 7. The Balaban J connectivity index is 1.59. The molecule has 1 saturated heterocycles. The predicted octanol–water partition coefficient (Wildman–Crippen LogP) is 4.02. The van der Waals surface area contributed by atoms with Gasteiger partial charge in [-0.15, -0.1) is 0 Å². The first-order valence-corrected chi connectivity index (χ1v) is 11.3. The van der Waals surface area contributed by atoms with Crippen molar-refractivity contribution in [3.8, 4) is 0 Å². The number of hydrogen-bond donors (Lipinski definition) is 1. The average Bonchev–Trinajstić information content (AvgIpc) is 2.59. The van der Waals surface area contributed by atoms with Crippen LogP contribution in [0.1, 0.15) is 73.6 Å². The fourth-order valence-electron chi connectivity index (χ4n) is 4.25. The van der Waals surface area contributed by atoms with Gasteiger partial charge in [0.15, 0.2) is 0 Å². The van der Waals surface area contributed by atoms with Crippen LogP contribution in [0.25, 0.3) is 0 Å². The highest BCUT2D eigenvalue weighted by molar-refractivity contribution is 4.80. The Bertz CT molecular complexity index is 411. The lowest BCUT2D eigenvalue weighted by Gasteiger charge is -2.39. The molecule has 1 aliphatic heterocycles. The molecule has 2 rings (SSSR count). The molecule has 1 heterocycles. The molecule has 0 amide bonds. The van der Waals surface area contributed by atoms with E-state index in [1.165, 1.54) is 45.3 Å². The highest BCUT2D eigenvalue weighted by Crippen LogP contribution is 2.30. The van der Waals surface area contributed by atoms with Gasteiger partial charge in [-0.05, 0) is 70.1 Å². The SMILES string of the molecule is CC(C)(C)OCC1CCC(CN2CCN(CCC(O)C(C)(C)C)CC2)CC1. The molecule has 2 fully saturated rings. The molecule has 4 heteroatoms. The minimum absolute atomic E-state index is 0.000547. The average molecular weight is 383 g/mol. The molecule has 4 nitrogen and oxygen atoms in total. The summed E-state index contributed by atoms with van der Waals surface area (Å²) in [4.78, 5) is 5.21. The van der Waals surface area contributed by atoms with Gasteiger partial charge in [0, 0.05) is 39.3 Å². The van der Waals surface area contributed by atoms with Gasteiger partial charge in [-0.2, -0.15) is 0 Å². The quantitative estimate of drug-likeness (QED) is 0.721. The van der Waals surface area contributed by atoms with E-state index in [1.54, 1.807) is 0 Å². The van der Waals surface area contributed by atoms with Crippen molar-refractivity contribution in [3.05, 3.63) is 0 Å². The highest BCUT2D eigenvalue weighted by atomic mass is 16.5. The summed E-state index contributed by atoms with van der Waals surface area (Å²) >= 11 is 0. The van der Waals surface area contributed by atoms with Crippen molar-refractivity contribution in [2.24, 2.45) is 17.3 Å². The van der Waals surface area contributed by atoms with Gasteiger partial charge in [-0.3, -0.25) is 0 Å². The minimum atomic E-state index is -0.201. The van der Waals surface area contributed by atoms with E-state index >= 15 is 0 Å². The van der Waals surface area contributed by atoms with E-state index in [2.05, 4.69) is 51.3 Å². The van der Waals surface area contributed by atoms with Crippen molar-refractivity contribution in [1.82, 2.24) is 9.80 Å². The Morgan fingerprint density at radius 1 is 0.852 bits per heavy atom. The second-order valence-electron chi connectivity index (χ2n) is 11.1. The molecule has 0 aromatic heterocycles. The summed E-state index contributed by atoms with van der Waals surface area (Å²) in [6.45, 7) is 20.8. The predicted molar refractivity (Wildman–Crippen MR) is 114 cm³/mol. The fraction of sp³-hybridized carbons (Fsp3) is 1.00. The van der Waals surface area contributed by atoms with Crippen LogP contribution < -0.4 is 0 Å². The van der Waals surface area contributed by atoms with Crippen LogP contribution in [0, 0.1) is 17.3 Å². The number of aliphatic hydroxyl groups excluding tert-OH is 1. The molecule has 0 aromatic rings. The number of ether oxygens (including phenoxy) is 1. The van der Waals surface area contributed by atoms with Crippen LogP contribution >= 0.6 is 0 Å². The lowest BCUT2D eigenvalue weighted by Crippen LogP contribution is -2.48. The van der Waals surface area contributed by atoms with Gasteiger partial charge in [0.25, 0.3) is 0 Å². The van der Waals surface area contributed by atoms with Crippen LogP contribution in [-0.2, 0) is 4.74 Å². The Morgan fingerprint density at radius 3 is 1.89 bits per heavy atom. The lowest BCUT2D eigenvalue weighted by molar-refractivity contribution is -0.0312. The third-order valence-electron chi connectivity index (χ3n) is 6.42.